The molecule has 0 fully saturated rings. The van der Waals surface area contributed by atoms with Gasteiger partial charge in [0.2, 0.25) is 5.91 Å². The predicted molar refractivity (Wildman–Crippen MR) is 75.0 cm³/mol. The fourth-order valence-corrected chi connectivity index (χ4v) is 2.37. The zero-order chi connectivity index (χ0) is 14.0. The number of anilines is 1. The van der Waals surface area contributed by atoms with Gasteiger partial charge in [0.05, 0.1) is 17.2 Å². The van der Waals surface area contributed by atoms with Crippen molar-refractivity contribution in [3.8, 4) is 0 Å². The second-order valence-electron chi connectivity index (χ2n) is 4.38. The minimum Gasteiger partial charge on any atom is -0.478 e. The maximum Gasteiger partial charge on any atom is 0.335 e. The third-order valence-corrected chi connectivity index (χ3v) is 3.58. The van der Waals surface area contributed by atoms with Crippen molar-refractivity contribution in [1.82, 2.24) is 0 Å². The Hall–Kier alpha value is -1.66. The van der Waals surface area contributed by atoms with Crippen LogP contribution in [0, 0.1) is 5.92 Å². The van der Waals surface area contributed by atoms with E-state index in [4.69, 9.17) is 10.8 Å². The summed E-state index contributed by atoms with van der Waals surface area (Å²) >= 11 is 3.24. The Kier molecular flexibility index (Phi) is 4.01. The Morgan fingerprint density at radius 3 is 2.63 bits per heavy atom. The van der Waals surface area contributed by atoms with Gasteiger partial charge in [-0.25, -0.2) is 4.79 Å². The number of benzene rings is 1. The van der Waals surface area contributed by atoms with E-state index < -0.39 is 5.97 Å². The lowest BCUT2D eigenvalue weighted by Gasteiger charge is -2.12. The number of hydrogen-bond donors (Lipinski definition) is 3. The summed E-state index contributed by atoms with van der Waals surface area (Å²) in [5.41, 5.74) is 6.40. The van der Waals surface area contributed by atoms with Crippen LogP contribution in [0.2, 0.25) is 0 Å². The molecule has 5 nitrogen and oxygen atoms in total. The largest absolute Gasteiger partial charge is 0.478 e. The van der Waals surface area contributed by atoms with Crippen LogP contribution in [0.15, 0.2) is 34.8 Å². The predicted octanol–water partition coefficient (Wildman–Crippen LogP) is 1.99. The van der Waals surface area contributed by atoms with Crippen molar-refractivity contribution in [1.29, 1.82) is 0 Å². The highest BCUT2D eigenvalue weighted by atomic mass is 79.9. The van der Waals surface area contributed by atoms with Crippen molar-refractivity contribution in [3.63, 3.8) is 0 Å². The monoisotopic (exact) mass is 324 g/mol. The molecule has 0 bridgehead atoms. The highest BCUT2D eigenvalue weighted by molar-refractivity contribution is 9.10. The second-order valence-corrected chi connectivity index (χ2v) is 5.23. The first kappa shape index (κ1) is 13.8. The van der Waals surface area contributed by atoms with Gasteiger partial charge in [-0.1, -0.05) is 12.2 Å². The van der Waals surface area contributed by atoms with Crippen LogP contribution in [0.25, 0.3) is 0 Å². The quantitative estimate of drug-likeness (QED) is 0.741. The van der Waals surface area contributed by atoms with Crippen LogP contribution >= 0.6 is 15.9 Å². The highest BCUT2D eigenvalue weighted by Crippen LogP contribution is 2.25. The van der Waals surface area contributed by atoms with Crippen molar-refractivity contribution in [3.05, 3.63) is 40.4 Å². The topological polar surface area (TPSA) is 92.4 Å². The van der Waals surface area contributed by atoms with Gasteiger partial charge in [-0.05, 0) is 40.5 Å². The molecule has 0 aromatic heterocycles. The maximum atomic E-state index is 12.0. The fourth-order valence-electron chi connectivity index (χ4n) is 1.90. The van der Waals surface area contributed by atoms with E-state index in [1.54, 1.807) is 12.1 Å². The Morgan fingerprint density at radius 1 is 1.37 bits per heavy atom. The SMILES string of the molecule is NC1C=CC(C(=O)Nc2ccc(C(=O)O)cc2Br)C1. The molecule has 2 rings (SSSR count). The average Bonchev–Trinajstić information content (AvgIpc) is 2.78. The van der Waals surface area contributed by atoms with Crippen molar-refractivity contribution >= 4 is 33.5 Å². The number of carbonyl (C=O) groups is 2. The maximum absolute atomic E-state index is 12.0. The van der Waals surface area contributed by atoms with E-state index in [1.165, 1.54) is 12.1 Å². The van der Waals surface area contributed by atoms with Crippen molar-refractivity contribution in [2.45, 2.75) is 12.5 Å². The Labute approximate surface area is 118 Å². The lowest BCUT2D eigenvalue weighted by molar-refractivity contribution is -0.118. The molecule has 2 atom stereocenters. The van der Waals surface area contributed by atoms with Gasteiger partial charge in [0.1, 0.15) is 0 Å². The Morgan fingerprint density at radius 2 is 2.11 bits per heavy atom. The number of rotatable bonds is 3. The van der Waals surface area contributed by atoms with E-state index >= 15 is 0 Å². The highest BCUT2D eigenvalue weighted by Gasteiger charge is 2.23. The molecule has 1 amide bonds. The minimum atomic E-state index is -1.01. The molecule has 0 saturated carbocycles. The van der Waals surface area contributed by atoms with Gasteiger partial charge in [0, 0.05) is 10.5 Å². The molecule has 6 heteroatoms. The van der Waals surface area contributed by atoms with Crippen molar-refractivity contribution in [2.24, 2.45) is 11.7 Å². The van der Waals surface area contributed by atoms with Gasteiger partial charge in [-0.2, -0.15) is 0 Å². The molecule has 0 heterocycles. The summed E-state index contributed by atoms with van der Waals surface area (Å²) in [7, 11) is 0. The lowest BCUT2D eigenvalue weighted by Crippen LogP contribution is -2.24. The van der Waals surface area contributed by atoms with E-state index in [1.807, 2.05) is 6.08 Å². The number of carbonyl (C=O) groups excluding carboxylic acids is 1. The van der Waals surface area contributed by atoms with Gasteiger partial charge in [-0.15, -0.1) is 0 Å². The lowest BCUT2D eigenvalue weighted by atomic mass is 10.1. The van der Waals surface area contributed by atoms with E-state index in [0.717, 1.165) is 0 Å². The molecule has 0 saturated heterocycles. The van der Waals surface area contributed by atoms with Gasteiger partial charge in [0.15, 0.2) is 0 Å². The molecule has 0 spiro atoms. The van der Waals surface area contributed by atoms with Crippen molar-refractivity contribution in [2.75, 3.05) is 5.32 Å². The number of hydrogen-bond acceptors (Lipinski definition) is 3. The second kappa shape index (κ2) is 5.54. The zero-order valence-corrected chi connectivity index (χ0v) is 11.6. The van der Waals surface area contributed by atoms with Crippen molar-refractivity contribution < 1.29 is 14.7 Å². The van der Waals surface area contributed by atoms with Crippen LogP contribution in [0.4, 0.5) is 5.69 Å². The molecule has 2 unspecified atom stereocenters. The fraction of sp³-hybridized carbons (Fsp3) is 0.231. The number of halogens is 1. The third-order valence-electron chi connectivity index (χ3n) is 2.93. The summed E-state index contributed by atoms with van der Waals surface area (Å²) in [5, 5.41) is 11.6. The molecule has 100 valence electrons. The van der Waals surface area contributed by atoms with Gasteiger partial charge in [-0.3, -0.25) is 4.79 Å². The molecule has 0 radical (unpaired) electrons. The Bertz CT molecular complexity index is 557. The molecule has 1 aromatic rings. The first-order valence-electron chi connectivity index (χ1n) is 5.75. The van der Waals surface area contributed by atoms with Gasteiger partial charge >= 0.3 is 5.97 Å². The first-order valence-corrected chi connectivity index (χ1v) is 6.54. The summed E-state index contributed by atoms with van der Waals surface area (Å²) in [6.45, 7) is 0. The Balaban J connectivity index is 2.09. The minimum absolute atomic E-state index is 0.0754. The van der Waals surface area contributed by atoms with E-state index in [-0.39, 0.29) is 23.4 Å². The molecular weight excluding hydrogens is 312 g/mol. The van der Waals surface area contributed by atoms with Crippen LogP contribution in [0.3, 0.4) is 0 Å². The summed E-state index contributed by atoms with van der Waals surface area (Å²) in [5.74, 6) is -1.39. The van der Waals surface area contributed by atoms with Crippen LogP contribution in [-0.2, 0) is 4.79 Å². The summed E-state index contributed by atoms with van der Waals surface area (Å²) < 4.78 is 0.534. The zero-order valence-electron chi connectivity index (χ0n) is 9.97. The van der Waals surface area contributed by atoms with E-state index in [0.29, 0.717) is 16.6 Å². The van der Waals surface area contributed by atoms with Gasteiger partial charge < -0.3 is 16.2 Å². The standard InChI is InChI=1S/C13H13BrN2O3/c14-10-6-8(13(18)19)2-4-11(10)16-12(17)7-1-3-9(15)5-7/h1-4,6-7,9H,5,15H2,(H,16,17)(H,18,19). The summed E-state index contributed by atoms with van der Waals surface area (Å²) in [6.07, 6.45) is 4.20. The van der Waals surface area contributed by atoms with Crippen LogP contribution in [0.1, 0.15) is 16.8 Å². The number of carboxylic acids is 1. The number of nitrogens with two attached hydrogens (primary N) is 1. The average molecular weight is 325 g/mol. The van der Waals surface area contributed by atoms with Crippen LogP contribution < -0.4 is 11.1 Å². The molecule has 1 aliphatic rings. The first-order chi connectivity index (χ1) is 8.97. The normalized spacial score (nSPS) is 21.4. The smallest absolute Gasteiger partial charge is 0.335 e. The number of aromatic carboxylic acids is 1. The molecule has 1 aromatic carbocycles. The number of carboxylic acid groups (broad SMARTS) is 1. The van der Waals surface area contributed by atoms with E-state index in [9.17, 15) is 9.59 Å². The molecule has 19 heavy (non-hydrogen) atoms. The number of amides is 1. The molecular formula is C13H13BrN2O3. The van der Waals surface area contributed by atoms with Gasteiger partial charge in [0.25, 0.3) is 0 Å². The molecule has 0 aliphatic heterocycles. The third kappa shape index (κ3) is 3.21. The van der Waals surface area contributed by atoms with E-state index in [2.05, 4.69) is 21.2 Å². The summed E-state index contributed by atoms with van der Waals surface area (Å²) in [6, 6.07) is 4.38. The van der Waals surface area contributed by atoms with Crippen LogP contribution in [0.5, 0.6) is 0 Å². The number of nitrogens with one attached hydrogen (secondary N) is 1. The molecule has 1 aliphatic carbocycles. The summed E-state index contributed by atoms with van der Waals surface area (Å²) in [4.78, 5) is 22.8. The van der Waals surface area contributed by atoms with Crippen LogP contribution in [-0.4, -0.2) is 23.0 Å². The molecule has 4 N–H and O–H groups in total.